The molecule has 0 fully saturated rings. The van der Waals surface area contributed by atoms with E-state index >= 15 is 0 Å². The molecule has 2 amide bonds. The second-order valence-corrected chi connectivity index (χ2v) is 6.86. The molecule has 1 heterocycles. The normalized spacial score (nSPS) is 17.5. The molecule has 0 spiro atoms. The predicted molar refractivity (Wildman–Crippen MR) is 93.4 cm³/mol. The van der Waals surface area contributed by atoms with Crippen molar-refractivity contribution in [2.24, 2.45) is 23.5 Å². The lowest BCUT2D eigenvalue weighted by Gasteiger charge is -2.31. The molecule has 1 aliphatic heterocycles. The van der Waals surface area contributed by atoms with Gasteiger partial charge in [0.2, 0.25) is 11.8 Å². The van der Waals surface area contributed by atoms with Crippen LogP contribution in [0.25, 0.3) is 0 Å². The maximum Gasteiger partial charge on any atom is 0.416 e. The lowest BCUT2D eigenvalue weighted by Crippen LogP contribution is -2.41. The number of alkyl halides is 3. The number of halogens is 3. The number of fused-ring (bicyclic) bond motifs is 1. The van der Waals surface area contributed by atoms with Crippen LogP contribution in [-0.4, -0.2) is 18.4 Å². The molecule has 3 atom stereocenters. The zero-order chi connectivity index (χ0) is 19.6. The van der Waals surface area contributed by atoms with Gasteiger partial charge < -0.3 is 10.6 Å². The molecule has 3 unspecified atom stereocenters. The van der Waals surface area contributed by atoms with Gasteiger partial charge in [0.1, 0.15) is 0 Å². The Bertz CT molecular complexity index is 688. The Morgan fingerprint density at radius 2 is 1.88 bits per heavy atom. The predicted octanol–water partition coefficient (Wildman–Crippen LogP) is 3.77. The minimum absolute atomic E-state index is 0.236. The summed E-state index contributed by atoms with van der Waals surface area (Å²) < 4.78 is 39.0. The standard InChI is InChI=1S/C19H25F3N2O2/c1-4-14(15(5-2)17(23)25)11(3)18(26)24-9-8-12-6-7-13(10-16(12)24)19(20,21)22/h6-7,10-11,14-15H,4-5,8-9H2,1-3H3,(H2,23,25). The van der Waals surface area contributed by atoms with E-state index < -0.39 is 29.5 Å². The Labute approximate surface area is 151 Å². The van der Waals surface area contributed by atoms with Crippen molar-refractivity contribution in [1.29, 1.82) is 0 Å². The number of hydrogen-bond acceptors (Lipinski definition) is 2. The SMILES string of the molecule is CCC(C(N)=O)C(CC)C(C)C(=O)N1CCc2ccc(C(F)(F)F)cc21. The van der Waals surface area contributed by atoms with E-state index in [4.69, 9.17) is 5.73 Å². The molecule has 0 saturated carbocycles. The topological polar surface area (TPSA) is 63.4 Å². The molecule has 0 saturated heterocycles. The largest absolute Gasteiger partial charge is 0.416 e. The number of nitrogens with zero attached hydrogens (tertiary/aromatic N) is 1. The van der Waals surface area contributed by atoms with Crippen LogP contribution in [0.5, 0.6) is 0 Å². The van der Waals surface area contributed by atoms with Crippen LogP contribution in [0.15, 0.2) is 18.2 Å². The summed E-state index contributed by atoms with van der Waals surface area (Å²) in [6.07, 6.45) is -2.81. The van der Waals surface area contributed by atoms with Crippen LogP contribution in [-0.2, 0) is 22.2 Å². The van der Waals surface area contributed by atoms with Crippen molar-refractivity contribution in [2.45, 2.75) is 46.2 Å². The molecular weight excluding hydrogens is 345 g/mol. The van der Waals surface area contributed by atoms with Crippen molar-refractivity contribution >= 4 is 17.5 Å². The maximum atomic E-state index is 13.0. The third kappa shape index (κ3) is 3.86. The number of rotatable bonds is 6. The fourth-order valence-electron chi connectivity index (χ4n) is 3.91. The Hall–Kier alpha value is -2.05. The minimum atomic E-state index is -4.46. The van der Waals surface area contributed by atoms with Gasteiger partial charge in [-0.3, -0.25) is 9.59 Å². The zero-order valence-electron chi connectivity index (χ0n) is 15.3. The van der Waals surface area contributed by atoms with Crippen molar-refractivity contribution in [2.75, 3.05) is 11.4 Å². The van der Waals surface area contributed by atoms with Gasteiger partial charge in [-0.2, -0.15) is 13.2 Å². The molecule has 2 N–H and O–H groups in total. The van der Waals surface area contributed by atoms with Gasteiger partial charge in [0.25, 0.3) is 0 Å². The van der Waals surface area contributed by atoms with Crippen molar-refractivity contribution in [3.63, 3.8) is 0 Å². The number of carbonyl (C=O) groups is 2. The summed E-state index contributed by atoms with van der Waals surface area (Å²) in [5.74, 6) is -1.87. The van der Waals surface area contributed by atoms with Gasteiger partial charge in [0.15, 0.2) is 0 Å². The molecule has 0 aliphatic carbocycles. The first-order chi connectivity index (χ1) is 12.1. The van der Waals surface area contributed by atoms with Crippen LogP contribution >= 0.6 is 0 Å². The van der Waals surface area contributed by atoms with Crippen molar-refractivity contribution < 1.29 is 22.8 Å². The van der Waals surface area contributed by atoms with E-state index in [0.29, 0.717) is 31.5 Å². The number of amides is 2. The third-order valence-electron chi connectivity index (χ3n) is 5.40. The molecule has 0 radical (unpaired) electrons. The summed E-state index contributed by atoms with van der Waals surface area (Å²) in [5.41, 5.74) is 5.75. The molecule has 26 heavy (non-hydrogen) atoms. The monoisotopic (exact) mass is 370 g/mol. The highest BCUT2D eigenvalue weighted by molar-refractivity contribution is 5.97. The van der Waals surface area contributed by atoms with E-state index in [0.717, 1.165) is 17.7 Å². The van der Waals surface area contributed by atoms with E-state index in [1.54, 1.807) is 6.92 Å². The number of anilines is 1. The van der Waals surface area contributed by atoms with Gasteiger partial charge in [0, 0.05) is 24.1 Å². The summed E-state index contributed by atoms with van der Waals surface area (Å²) in [7, 11) is 0. The van der Waals surface area contributed by atoms with Gasteiger partial charge >= 0.3 is 6.18 Å². The number of benzene rings is 1. The van der Waals surface area contributed by atoms with E-state index in [1.165, 1.54) is 11.0 Å². The molecule has 1 aromatic rings. The lowest BCUT2D eigenvalue weighted by molar-refractivity contribution is -0.137. The van der Waals surface area contributed by atoms with Crippen molar-refractivity contribution in [3.05, 3.63) is 29.3 Å². The van der Waals surface area contributed by atoms with Crippen LogP contribution in [0.4, 0.5) is 18.9 Å². The van der Waals surface area contributed by atoms with Crippen molar-refractivity contribution in [3.8, 4) is 0 Å². The molecule has 1 aromatic carbocycles. The van der Waals surface area contributed by atoms with Gasteiger partial charge in [-0.25, -0.2) is 0 Å². The summed E-state index contributed by atoms with van der Waals surface area (Å²) in [4.78, 5) is 26.1. The van der Waals surface area contributed by atoms with Gasteiger partial charge in [0.05, 0.1) is 5.56 Å². The van der Waals surface area contributed by atoms with Crippen LogP contribution in [0.3, 0.4) is 0 Å². The third-order valence-corrected chi connectivity index (χ3v) is 5.40. The zero-order valence-corrected chi connectivity index (χ0v) is 15.3. The number of carbonyl (C=O) groups excluding carboxylic acids is 2. The van der Waals surface area contributed by atoms with Crippen LogP contribution < -0.4 is 10.6 Å². The van der Waals surface area contributed by atoms with E-state index in [2.05, 4.69) is 0 Å². The first-order valence-electron chi connectivity index (χ1n) is 8.92. The van der Waals surface area contributed by atoms with Gasteiger partial charge in [-0.15, -0.1) is 0 Å². The van der Waals surface area contributed by atoms with Gasteiger partial charge in [-0.1, -0.05) is 33.3 Å². The molecule has 4 nitrogen and oxygen atoms in total. The first kappa shape index (κ1) is 20.3. The molecular formula is C19H25F3N2O2. The maximum absolute atomic E-state index is 13.0. The minimum Gasteiger partial charge on any atom is -0.369 e. The summed E-state index contributed by atoms with van der Waals surface area (Å²) in [6.45, 7) is 5.81. The Kier molecular flexibility index (Phi) is 5.98. The summed E-state index contributed by atoms with van der Waals surface area (Å²) >= 11 is 0. The average molecular weight is 370 g/mol. The number of primary amides is 1. The molecule has 0 bridgehead atoms. The number of nitrogens with two attached hydrogens (primary N) is 1. The Morgan fingerprint density at radius 1 is 1.23 bits per heavy atom. The second-order valence-electron chi connectivity index (χ2n) is 6.86. The summed E-state index contributed by atoms with van der Waals surface area (Å²) in [5, 5.41) is 0. The highest BCUT2D eigenvalue weighted by Crippen LogP contribution is 2.38. The quantitative estimate of drug-likeness (QED) is 0.829. The highest BCUT2D eigenvalue weighted by atomic mass is 19.4. The summed E-state index contributed by atoms with van der Waals surface area (Å²) in [6, 6.07) is 3.52. The second kappa shape index (κ2) is 7.68. The molecule has 144 valence electrons. The molecule has 2 rings (SSSR count). The van der Waals surface area contributed by atoms with Crippen LogP contribution in [0.1, 0.15) is 44.7 Å². The molecule has 1 aliphatic rings. The first-order valence-corrected chi connectivity index (χ1v) is 8.92. The fourth-order valence-corrected chi connectivity index (χ4v) is 3.91. The van der Waals surface area contributed by atoms with E-state index in [-0.39, 0.29) is 11.8 Å². The van der Waals surface area contributed by atoms with Crippen LogP contribution in [0, 0.1) is 17.8 Å². The van der Waals surface area contributed by atoms with E-state index in [9.17, 15) is 22.8 Å². The van der Waals surface area contributed by atoms with Gasteiger partial charge in [-0.05, 0) is 36.5 Å². The number of hydrogen-bond donors (Lipinski definition) is 1. The molecule has 0 aromatic heterocycles. The smallest absolute Gasteiger partial charge is 0.369 e. The average Bonchev–Trinajstić information content (AvgIpc) is 3.00. The fraction of sp³-hybridized carbons (Fsp3) is 0.579. The Morgan fingerprint density at radius 3 is 2.38 bits per heavy atom. The molecule has 7 heteroatoms. The van der Waals surface area contributed by atoms with E-state index in [1.807, 2.05) is 13.8 Å². The van der Waals surface area contributed by atoms with Crippen molar-refractivity contribution in [1.82, 2.24) is 0 Å². The highest BCUT2D eigenvalue weighted by Gasteiger charge is 2.38. The van der Waals surface area contributed by atoms with Crippen LogP contribution in [0.2, 0.25) is 0 Å². The lowest BCUT2D eigenvalue weighted by atomic mass is 9.78. The Balaban J connectivity index is 2.30.